The van der Waals surface area contributed by atoms with Crippen molar-refractivity contribution in [3.8, 4) is 0 Å². The fourth-order valence-corrected chi connectivity index (χ4v) is 0.793. The van der Waals surface area contributed by atoms with Gasteiger partial charge in [-0.05, 0) is 6.42 Å². The van der Waals surface area contributed by atoms with Gasteiger partial charge in [0.25, 0.3) is 0 Å². The molecule has 0 aromatic heterocycles. The van der Waals surface area contributed by atoms with Crippen LogP contribution in [0.2, 0.25) is 0 Å². The molecule has 0 amide bonds. The van der Waals surface area contributed by atoms with Crippen molar-refractivity contribution in [3.63, 3.8) is 0 Å². The van der Waals surface area contributed by atoms with Gasteiger partial charge >= 0.3 is 0 Å². The first-order valence-corrected chi connectivity index (χ1v) is 3.95. The molecule has 0 radical (unpaired) electrons. The largest absolute Gasteiger partial charge is 0.499 e. The van der Waals surface area contributed by atoms with E-state index in [1.807, 2.05) is 0 Å². The van der Waals surface area contributed by atoms with Crippen molar-refractivity contribution in [1.82, 2.24) is 0 Å². The third kappa shape index (κ3) is 3.39. The summed E-state index contributed by atoms with van der Waals surface area (Å²) in [5, 5.41) is 0. The summed E-state index contributed by atoms with van der Waals surface area (Å²) in [5.74, 6) is 0. The van der Waals surface area contributed by atoms with Gasteiger partial charge in [0.1, 0.15) is 6.61 Å². The molecule has 1 rings (SSSR count). The van der Waals surface area contributed by atoms with Gasteiger partial charge in [0.05, 0.1) is 12.9 Å². The molecule has 64 valence electrons. The van der Waals surface area contributed by atoms with Crippen LogP contribution in [-0.2, 0) is 14.2 Å². The Morgan fingerprint density at radius 3 is 3.27 bits per heavy atom. The van der Waals surface area contributed by atoms with E-state index in [9.17, 15) is 0 Å². The van der Waals surface area contributed by atoms with E-state index in [-0.39, 0.29) is 6.29 Å². The van der Waals surface area contributed by atoms with Gasteiger partial charge in [-0.2, -0.15) is 0 Å². The minimum absolute atomic E-state index is 0.211. The number of hydrogen-bond acceptors (Lipinski definition) is 3. The van der Waals surface area contributed by atoms with Crippen molar-refractivity contribution in [3.05, 3.63) is 12.3 Å². The highest BCUT2D eigenvalue weighted by atomic mass is 16.7. The van der Waals surface area contributed by atoms with Gasteiger partial charge in [0, 0.05) is 12.7 Å². The van der Waals surface area contributed by atoms with Crippen LogP contribution in [0.25, 0.3) is 0 Å². The number of ether oxygens (including phenoxy) is 3. The summed E-state index contributed by atoms with van der Waals surface area (Å²) in [5.41, 5.74) is 0. The lowest BCUT2D eigenvalue weighted by molar-refractivity contribution is -0.111. The predicted molar refractivity (Wildman–Crippen MR) is 41.1 cm³/mol. The van der Waals surface area contributed by atoms with Gasteiger partial charge in [-0.25, -0.2) is 0 Å². The van der Waals surface area contributed by atoms with Crippen LogP contribution in [0.15, 0.2) is 12.3 Å². The van der Waals surface area contributed by atoms with Crippen LogP contribution in [0.5, 0.6) is 0 Å². The maximum atomic E-state index is 5.32. The van der Waals surface area contributed by atoms with Gasteiger partial charge in [-0.15, -0.1) is 0 Å². The van der Waals surface area contributed by atoms with Gasteiger partial charge < -0.3 is 14.2 Å². The van der Waals surface area contributed by atoms with E-state index in [0.717, 1.165) is 13.0 Å². The predicted octanol–water partition coefficient (Wildman–Crippen LogP) is 1.30. The molecule has 1 aliphatic heterocycles. The second kappa shape index (κ2) is 5.16. The van der Waals surface area contributed by atoms with E-state index in [0.29, 0.717) is 13.2 Å². The SMILES string of the molecule is CCCOC1C=COCCO1. The van der Waals surface area contributed by atoms with E-state index < -0.39 is 0 Å². The molecule has 0 aromatic rings. The minimum Gasteiger partial charge on any atom is -0.499 e. The van der Waals surface area contributed by atoms with E-state index in [4.69, 9.17) is 14.2 Å². The van der Waals surface area contributed by atoms with E-state index in [2.05, 4.69) is 6.92 Å². The van der Waals surface area contributed by atoms with Crippen molar-refractivity contribution < 1.29 is 14.2 Å². The third-order valence-electron chi connectivity index (χ3n) is 1.30. The fraction of sp³-hybridized carbons (Fsp3) is 0.750. The van der Waals surface area contributed by atoms with E-state index in [1.165, 1.54) is 0 Å². The molecule has 1 atom stereocenters. The first-order chi connectivity index (χ1) is 5.43. The Balaban J connectivity index is 2.19. The van der Waals surface area contributed by atoms with E-state index >= 15 is 0 Å². The Hall–Kier alpha value is -0.540. The zero-order valence-electron chi connectivity index (χ0n) is 6.79. The Morgan fingerprint density at radius 2 is 2.45 bits per heavy atom. The summed E-state index contributed by atoms with van der Waals surface area (Å²) in [7, 11) is 0. The summed E-state index contributed by atoms with van der Waals surface area (Å²) in [6.45, 7) is 4.01. The lowest BCUT2D eigenvalue weighted by Gasteiger charge is -2.11. The lowest BCUT2D eigenvalue weighted by atomic mass is 10.5. The van der Waals surface area contributed by atoms with Crippen LogP contribution < -0.4 is 0 Å². The molecule has 0 aliphatic carbocycles. The Morgan fingerprint density at radius 1 is 1.55 bits per heavy atom. The molecule has 0 saturated heterocycles. The van der Waals surface area contributed by atoms with Gasteiger partial charge in [0.15, 0.2) is 6.29 Å². The summed E-state index contributed by atoms with van der Waals surface area (Å²) < 4.78 is 15.6. The molecule has 0 aromatic carbocycles. The first-order valence-electron chi connectivity index (χ1n) is 3.95. The second-order valence-corrected chi connectivity index (χ2v) is 2.31. The number of rotatable bonds is 3. The molecule has 3 nitrogen and oxygen atoms in total. The summed E-state index contributed by atoms with van der Waals surface area (Å²) in [4.78, 5) is 0. The van der Waals surface area contributed by atoms with Gasteiger partial charge in [-0.1, -0.05) is 6.92 Å². The van der Waals surface area contributed by atoms with E-state index in [1.54, 1.807) is 12.3 Å². The molecule has 1 aliphatic rings. The lowest BCUT2D eigenvalue weighted by Crippen LogP contribution is -2.15. The van der Waals surface area contributed by atoms with Crippen molar-refractivity contribution in [2.75, 3.05) is 19.8 Å². The van der Waals surface area contributed by atoms with Crippen molar-refractivity contribution in [2.45, 2.75) is 19.6 Å². The highest BCUT2D eigenvalue weighted by Crippen LogP contribution is 2.02. The summed E-state index contributed by atoms with van der Waals surface area (Å²) in [6, 6.07) is 0. The molecule has 0 fully saturated rings. The normalized spacial score (nSPS) is 24.3. The second-order valence-electron chi connectivity index (χ2n) is 2.31. The Kier molecular flexibility index (Phi) is 4.01. The average molecular weight is 158 g/mol. The molecular formula is C8H14O3. The van der Waals surface area contributed by atoms with Crippen molar-refractivity contribution in [1.29, 1.82) is 0 Å². The molecule has 1 heterocycles. The molecule has 0 saturated carbocycles. The fourth-order valence-electron chi connectivity index (χ4n) is 0.793. The molecular weight excluding hydrogens is 144 g/mol. The van der Waals surface area contributed by atoms with Gasteiger partial charge in [0.2, 0.25) is 0 Å². The Labute approximate surface area is 66.9 Å². The average Bonchev–Trinajstić information content (AvgIpc) is 2.28. The zero-order valence-corrected chi connectivity index (χ0v) is 6.79. The van der Waals surface area contributed by atoms with Crippen LogP contribution >= 0.6 is 0 Å². The zero-order chi connectivity index (χ0) is 7.94. The van der Waals surface area contributed by atoms with Crippen LogP contribution in [0.1, 0.15) is 13.3 Å². The monoisotopic (exact) mass is 158 g/mol. The Bertz CT molecular complexity index is 123. The topological polar surface area (TPSA) is 27.7 Å². The van der Waals surface area contributed by atoms with Crippen molar-refractivity contribution in [2.24, 2.45) is 0 Å². The maximum Gasteiger partial charge on any atom is 0.180 e. The van der Waals surface area contributed by atoms with Crippen LogP contribution in [0, 0.1) is 0 Å². The molecule has 1 unspecified atom stereocenters. The highest BCUT2D eigenvalue weighted by molar-refractivity contribution is 4.80. The minimum atomic E-state index is -0.211. The van der Waals surface area contributed by atoms with Crippen molar-refractivity contribution >= 4 is 0 Å². The first kappa shape index (κ1) is 8.56. The maximum absolute atomic E-state index is 5.32. The third-order valence-corrected chi connectivity index (χ3v) is 1.30. The molecule has 0 N–H and O–H groups in total. The molecule has 0 bridgehead atoms. The number of hydrogen-bond donors (Lipinski definition) is 0. The molecule has 0 spiro atoms. The smallest absolute Gasteiger partial charge is 0.180 e. The standard InChI is InChI=1S/C8H14O3/c1-2-4-10-8-3-5-9-6-7-11-8/h3,5,8H,2,4,6-7H2,1H3. The molecule has 11 heavy (non-hydrogen) atoms. The summed E-state index contributed by atoms with van der Waals surface area (Å²) >= 11 is 0. The van der Waals surface area contributed by atoms with Gasteiger partial charge in [-0.3, -0.25) is 0 Å². The van der Waals surface area contributed by atoms with Crippen LogP contribution in [-0.4, -0.2) is 26.1 Å². The summed E-state index contributed by atoms with van der Waals surface area (Å²) in [6.07, 6.45) is 4.21. The molecule has 3 heteroatoms. The van der Waals surface area contributed by atoms with Crippen LogP contribution in [0.3, 0.4) is 0 Å². The quantitative estimate of drug-likeness (QED) is 0.619. The van der Waals surface area contributed by atoms with Crippen LogP contribution in [0.4, 0.5) is 0 Å². The highest BCUT2D eigenvalue weighted by Gasteiger charge is 2.06.